The van der Waals surface area contributed by atoms with Crippen LogP contribution < -0.4 is 11.1 Å². The van der Waals surface area contributed by atoms with Crippen molar-refractivity contribution in [2.45, 2.75) is 123 Å². The number of unbranched alkanes of at least 4 members (excludes halogenated alkanes) is 15. The van der Waals surface area contributed by atoms with Gasteiger partial charge in [-0.2, -0.15) is 0 Å². The lowest BCUT2D eigenvalue weighted by atomic mass is 10.0. The van der Waals surface area contributed by atoms with Crippen LogP contribution in [0.4, 0.5) is 0 Å². The summed E-state index contributed by atoms with van der Waals surface area (Å²) in [7, 11) is 0. The minimum atomic E-state index is 0.149. The maximum atomic E-state index is 5.65. The predicted octanol–water partition coefficient (Wildman–Crippen LogP) is 6.14. The Hall–Kier alpha value is -0.0800. The van der Waals surface area contributed by atoms with Gasteiger partial charge in [0.1, 0.15) is 0 Å². The first kappa shape index (κ1) is 21.9. The van der Waals surface area contributed by atoms with Crippen LogP contribution in [0.25, 0.3) is 0 Å². The van der Waals surface area contributed by atoms with Crippen LogP contribution in [0.2, 0.25) is 0 Å². The van der Waals surface area contributed by atoms with Crippen molar-refractivity contribution in [1.29, 1.82) is 0 Å². The Labute approximate surface area is 141 Å². The highest BCUT2D eigenvalue weighted by Crippen LogP contribution is 2.13. The Balaban J connectivity index is 2.94. The van der Waals surface area contributed by atoms with Gasteiger partial charge in [-0.1, -0.05) is 103 Å². The third-order valence-corrected chi connectivity index (χ3v) is 4.50. The summed E-state index contributed by atoms with van der Waals surface area (Å²) in [5.41, 5.74) is 5.65. The SMILES string of the molecule is CCCCCCCCCCCCCCCCCCNC(C)N. The lowest BCUT2D eigenvalue weighted by Crippen LogP contribution is -2.34. The lowest BCUT2D eigenvalue weighted by molar-refractivity contribution is 0.510. The molecule has 0 fully saturated rings. The van der Waals surface area contributed by atoms with E-state index in [9.17, 15) is 0 Å². The van der Waals surface area contributed by atoms with Crippen molar-refractivity contribution in [3.05, 3.63) is 0 Å². The molecule has 0 aromatic heterocycles. The molecule has 2 nitrogen and oxygen atoms in total. The van der Waals surface area contributed by atoms with Gasteiger partial charge in [0.2, 0.25) is 0 Å². The lowest BCUT2D eigenvalue weighted by Gasteiger charge is -2.07. The Kier molecular flexibility index (Phi) is 18.9. The van der Waals surface area contributed by atoms with E-state index in [1.54, 1.807) is 0 Å². The van der Waals surface area contributed by atoms with Crippen LogP contribution in [-0.4, -0.2) is 12.7 Å². The molecular formula is C20H44N2. The van der Waals surface area contributed by atoms with Gasteiger partial charge in [-0.25, -0.2) is 0 Å². The second kappa shape index (κ2) is 19.0. The molecule has 3 N–H and O–H groups in total. The van der Waals surface area contributed by atoms with Crippen LogP contribution in [0, 0.1) is 0 Å². The Morgan fingerprint density at radius 3 is 1.23 bits per heavy atom. The first-order chi connectivity index (χ1) is 10.8. The van der Waals surface area contributed by atoms with Crippen molar-refractivity contribution in [2.24, 2.45) is 5.73 Å². The van der Waals surface area contributed by atoms with Crippen molar-refractivity contribution in [3.63, 3.8) is 0 Å². The fourth-order valence-electron chi connectivity index (χ4n) is 3.00. The zero-order valence-electron chi connectivity index (χ0n) is 15.7. The number of nitrogens with two attached hydrogens (primary N) is 1. The maximum absolute atomic E-state index is 5.65. The van der Waals surface area contributed by atoms with Gasteiger partial charge >= 0.3 is 0 Å². The highest BCUT2D eigenvalue weighted by Gasteiger charge is 1.95. The number of hydrogen-bond acceptors (Lipinski definition) is 2. The summed E-state index contributed by atoms with van der Waals surface area (Å²) in [4.78, 5) is 0. The average molecular weight is 313 g/mol. The third kappa shape index (κ3) is 19.9. The van der Waals surface area contributed by atoms with Crippen LogP contribution in [-0.2, 0) is 0 Å². The minimum absolute atomic E-state index is 0.149. The van der Waals surface area contributed by atoms with Crippen molar-refractivity contribution in [2.75, 3.05) is 6.54 Å². The van der Waals surface area contributed by atoms with Crippen molar-refractivity contribution >= 4 is 0 Å². The molecule has 0 rings (SSSR count). The molecule has 0 aliphatic heterocycles. The minimum Gasteiger partial charge on any atom is -0.316 e. The second-order valence-electron chi connectivity index (χ2n) is 7.05. The Bertz CT molecular complexity index is 192. The summed E-state index contributed by atoms with van der Waals surface area (Å²) in [5.74, 6) is 0. The van der Waals surface area contributed by atoms with E-state index in [1.807, 2.05) is 6.92 Å². The number of rotatable bonds is 18. The molecule has 0 aromatic rings. The van der Waals surface area contributed by atoms with E-state index >= 15 is 0 Å². The van der Waals surface area contributed by atoms with Crippen LogP contribution in [0.15, 0.2) is 0 Å². The number of hydrogen-bond donors (Lipinski definition) is 2. The normalized spacial score (nSPS) is 12.7. The van der Waals surface area contributed by atoms with Gasteiger partial charge in [-0.15, -0.1) is 0 Å². The summed E-state index contributed by atoms with van der Waals surface area (Å²) in [6.45, 7) is 5.38. The molecule has 0 saturated heterocycles. The molecule has 22 heavy (non-hydrogen) atoms. The molecule has 0 spiro atoms. The second-order valence-corrected chi connectivity index (χ2v) is 7.05. The van der Waals surface area contributed by atoms with Crippen LogP contribution in [0.3, 0.4) is 0 Å². The summed E-state index contributed by atoms with van der Waals surface area (Å²) < 4.78 is 0. The van der Waals surface area contributed by atoms with Gasteiger partial charge in [0.15, 0.2) is 0 Å². The van der Waals surface area contributed by atoms with E-state index in [2.05, 4.69) is 12.2 Å². The van der Waals surface area contributed by atoms with Gasteiger partial charge in [0, 0.05) is 0 Å². The van der Waals surface area contributed by atoms with Crippen LogP contribution >= 0.6 is 0 Å². The van der Waals surface area contributed by atoms with Gasteiger partial charge in [0.05, 0.1) is 6.17 Å². The van der Waals surface area contributed by atoms with Crippen molar-refractivity contribution in [3.8, 4) is 0 Å². The van der Waals surface area contributed by atoms with Crippen molar-refractivity contribution in [1.82, 2.24) is 5.32 Å². The molecule has 0 aromatic carbocycles. The van der Waals surface area contributed by atoms with Crippen LogP contribution in [0.5, 0.6) is 0 Å². The van der Waals surface area contributed by atoms with Gasteiger partial charge in [0.25, 0.3) is 0 Å². The molecule has 1 atom stereocenters. The molecule has 0 saturated carbocycles. The van der Waals surface area contributed by atoms with E-state index < -0.39 is 0 Å². The highest BCUT2D eigenvalue weighted by molar-refractivity contribution is 4.53. The first-order valence-corrected chi connectivity index (χ1v) is 10.3. The smallest absolute Gasteiger partial charge is 0.0517 e. The predicted molar refractivity (Wildman–Crippen MR) is 101 cm³/mol. The highest BCUT2D eigenvalue weighted by atomic mass is 15.0. The molecular weight excluding hydrogens is 268 g/mol. The molecule has 0 radical (unpaired) electrons. The fourth-order valence-corrected chi connectivity index (χ4v) is 3.00. The topological polar surface area (TPSA) is 38.0 Å². The third-order valence-electron chi connectivity index (χ3n) is 4.50. The van der Waals surface area contributed by atoms with Gasteiger partial charge in [-0.05, 0) is 19.9 Å². The Morgan fingerprint density at radius 1 is 0.591 bits per heavy atom. The summed E-state index contributed by atoms with van der Waals surface area (Å²) in [6, 6.07) is 0. The molecule has 0 bridgehead atoms. The molecule has 2 heteroatoms. The monoisotopic (exact) mass is 312 g/mol. The molecule has 0 aliphatic rings. The zero-order valence-corrected chi connectivity index (χ0v) is 15.7. The molecule has 1 unspecified atom stereocenters. The zero-order chi connectivity index (χ0) is 16.3. The molecule has 0 heterocycles. The van der Waals surface area contributed by atoms with Crippen LogP contribution in [0.1, 0.15) is 117 Å². The molecule has 0 aliphatic carbocycles. The fraction of sp³-hybridized carbons (Fsp3) is 1.00. The standard InChI is InChI=1S/C20H44N2/c1-3-4-5-6-7-8-9-10-11-12-13-14-15-16-17-18-19-22-20(2)21/h20,22H,3-19,21H2,1-2H3. The van der Waals surface area contributed by atoms with E-state index in [0.717, 1.165) is 6.54 Å². The average Bonchev–Trinajstić information content (AvgIpc) is 2.50. The summed E-state index contributed by atoms with van der Waals surface area (Å²) >= 11 is 0. The molecule has 0 amide bonds. The first-order valence-electron chi connectivity index (χ1n) is 10.3. The number of nitrogens with one attached hydrogen (secondary N) is 1. The van der Waals surface area contributed by atoms with Gasteiger partial charge < -0.3 is 11.1 Å². The van der Waals surface area contributed by atoms with E-state index in [0.29, 0.717) is 0 Å². The Morgan fingerprint density at radius 2 is 0.909 bits per heavy atom. The quantitative estimate of drug-likeness (QED) is 0.235. The van der Waals surface area contributed by atoms with Gasteiger partial charge in [-0.3, -0.25) is 0 Å². The van der Waals surface area contributed by atoms with Crippen molar-refractivity contribution < 1.29 is 0 Å². The van der Waals surface area contributed by atoms with E-state index in [-0.39, 0.29) is 6.17 Å². The molecule has 134 valence electrons. The summed E-state index contributed by atoms with van der Waals surface area (Å²) in [5, 5.41) is 3.27. The summed E-state index contributed by atoms with van der Waals surface area (Å²) in [6.07, 6.45) is 23.0. The van der Waals surface area contributed by atoms with E-state index in [1.165, 1.54) is 103 Å². The largest absolute Gasteiger partial charge is 0.316 e. The maximum Gasteiger partial charge on any atom is 0.0517 e. The van der Waals surface area contributed by atoms with E-state index in [4.69, 9.17) is 5.73 Å².